The molecule has 5 rings (SSSR count). The van der Waals surface area contributed by atoms with Gasteiger partial charge in [-0.3, -0.25) is 4.72 Å². The normalized spacial score (nSPS) is 20.6. The zero-order chi connectivity index (χ0) is 29.7. The third-order valence-corrected chi connectivity index (χ3v) is 9.69. The molecule has 218 valence electrons. The smallest absolute Gasteiger partial charge is 0.336 e. The molecule has 1 fully saturated rings. The molecule has 4 atom stereocenters. The fourth-order valence-electron chi connectivity index (χ4n) is 4.77. The predicted octanol–water partition coefficient (Wildman–Crippen LogP) is 6.26. The summed E-state index contributed by atoms with van der Waals surface area (Å²) in [6.45, 7) is 1.98. The number of rotatable bonds is 10. The lowest BCUT2D eigenvalue weighted by molar-refractivity contribution is -0.268. The Bertz CT molecular complexity index is 1610. The average Bonchev–Trinajstić information content (AvgIpc) is 3.01. The van der Waals surface area contributed by atoms with E-state index >= 15 is 0 Å². The van der Waals surface area contributed by atoms with Gasteiger partial charge in [0.05, 0.1) is 29.3 Å². The number of benzene rings is 4. The Kier molecular flexibility index (Phi) is 9.30. The molecule has 3 N–H and O–H groups in total. The number of ether oxygens (including phenoxy) is 2. The monoisotopic (exact) mass is 605 g/mol. The van der Waals surface area contributed by atoms with Crippen molar-refractivity contribution < 1.29 is 32.9 Å². The van der Waals surface area contributed by atoms with Gasteiger partial charge in [0, 0.05) is 27.8 Å². The first-order valence-electron chi connectivity index (χ1n) is 13.4. The second kappa shape index (κ2) is 13.1. The predicted molar refractivity (Wildman–Crippen MR) is 161 cm³/mol. The molecule has 0 bridgehead atoms. The average molecular weight is 606 g/mol. The van der Waals surface area contributed by atoms with Crippen LogP contribution < -0.4 is 4.72 Å². The molecular weight excluding hydrogens is 574 g/mol. The van der Waals surface area contributed by atoms with Crippen molar-refractivity contribution in [3.8, 4) is 0 Å². The molecule has 4 unspecified atom stereocenters. The molecule has 42 heavy (non-hydrogen) atoms. The number of nitrogens with one attached hydrogen (secondary N) is 1. The Morgan fingerprint density at radius 1 is 0.857 bits per heavy atom. The number of carbonyl (C=O) groups is 1. The molecule has 0 saturated carbocycles. The highest BCUT2D eigenvalue weighted by molar-refractivity contribution is 7.99. The fourth-order valence-corrected chi connectivity index (χ4v) is 7.06. The quantitative estimate of drug-likeness (QED) is 0.181. The third kappa shape index (κ3) is 6.86. The first kappa shape index (κ1) is 29.8. The van der Waals surface area contributed by atoms with Crippen molar-refractivity contribution in [2.75, 3.05) is 10.5 Å². The van der Waals surface area contributed by atoms with Gasteiger partial charge in [0.1, 0.15) is 0 Å². The Labute approximate surface area is 249 Å². The highest BCUT2D eigenvalue weighted by Crippen LogP contribution is 2.43. The number of carboxylic acids is 1. The second-order valence-electron chi connectivity index (χ2n) is 9.97. The largest absolute Gasteiger partial charge is 0.478 e. The van der Waals surface area contributed by atoms with Gasteiger partial charge in [-0.05, 0) is 47.5 Å². The third-order valence-electron chi connectivity index (χ3n) is 7.13. The molecule has 0 spiro atoms. The number of carboxylic acid groups (broad SMARTS) is 1. The number of thioether (sulfide) groups is 1. The molecule has 0 radical (unpaired) electrons. The van der Waals surface area contributed by atoms with Crippen LogP contribution in [0.25, 0.3) is 0 Å². The van der Waals surface area contributed by atoms with Crippen molar-refractivity contribution in [1.82, 2.24) is 0 Å². The Morgan fingerprint density at radius 3 is 2.17 bits per heavy atom. The number of aliphatic hydroxyl groups is 1. The second-order valence-corrected chi connectivity index (χ2v) is 12.7. The van der Waals surface area contributed by atoms with Crippen LogP contribution in [0.1, 0.15) is 46.4 Å². The van der Waals surface area contributed by atoms with Gasteiger partial charge >= 0.3 is 5.97 Å². The number of aromatic carboxylic acids is 1. The van der Waals surface area contributed by atoms with E-state index in [0.29, 0.717) is 21.9 Å². The number of hydrogen-bond acceptors (Lipinski definition) is 7. The van der Waals surface area contributed by atoms with E-state index in [1.807, 2.05) is 37.3 Å². The number of sulfonamides is 1. The summed E-state index contributed by atoms with van der Waals surface area (Å²) < 4.78 is 41.0. The lowest BCUT2D eigenvalue weighted by Crippen LogP contribution is -2.38. The maximum absolute atomic E-state index is 12.8. The van der Waals surface area contributed by atoms with Crippen LogP contribution in [0, 0.1) is 5.92 Å². The van der Waals surface area contributed by atoms with Crippen LogP contribution in [0.2, 0.25) is 0 Å². The molecule has 8 nitrogen and oxygen atoms in total. The molecule has 4 aromatic rings. The highest BCUT2D eigenvalue weighted by atomic mass is 32.2. The van der Waals surface area contributed by atoms with E-state index in [-0.39, 0.29) is 35.2 Å². The van der Waals surface area contributed by atoms with Crippen molar-refractivity contribution in [3.63, 3.8) is 0 Å². The summed E-state index contributed by atoms with van der Waals surface area (Å²) in [4.78, 5) is 12.6. The van der Waals surface area contributed by atoms with Gasteiger partial charge in [-0.25, -0.2) is 13.2 Å². The van der Waals surface area contributed by atoms with E-state index in [9.17, 15) is 23.4 Å². The van der Waals surface area contributed by atoms with Gasteiger partial charge in [-0.1, -0.05) is 73.7 Å². The van der Waals surface area contributed by atoms with Crippen LogP contribution in [-0.2, 0) is 26.1 Å². The molecule has 1 saturated heterocycles. The Balaban J connectivity index is 1.38. The summed E-state index contributed by atoms with van der Waals surface area (Å²) in [6, 6.07) is 29.5. The topological polar surface area (TPSA) is 122 Å². The van der Waals surface area contributed by atoms with Crippen molar-refractivity contribution in [1.29, 1.82) is 0 Å². The highest BCUT2D eigenvalue weighted by Gasteiger charge is 2.38. The molecule has 4 aromatic carbocycles. The summed E-state index contributed by atoms with van der Waals surface area (Å²) in [6.07, 6.45) is -1.38. The lowest BCUT2D eigenvalue weighted by atomic mass is 9.91. The summed E-state index contributed by atoms with van der Waals surface area (Å²) in [7, 11) is -3.74. The molecule has 1 heterocycles. The first-order valence-corrected chi connectivity index (χ1v) is 15.9. The van der Waals surface area contributed by atoms with E-state index in [1.165, 1.54) is 23.9 Å². The van der Waals surface area contributed by atoms with Gasteiger partial charge in [0.25, 0.3) is 10.0 Å². The zero-order valence-electron chi connectivity index (χ0n) is 22.8. The maximum atomic E-state index is 12.8. The van der Waals surface area contributed by atoms with Gasteiger partial charge in [-0.2, -0.15) is 0 Å². The lowest BCUT2D eigenvalue weighted by Gasteiger charge is -2.41. The first-order chi connectivity index (χ1) is 20.2. The van der Waals surface area contributed by atoms with Crippen LogP contribution in [0.4, 0.5) is 5.69 Å². The molecule has 0 aromatic heterocycles. The maximum Gasteiger partial charge on any atom is 0.336 e. The molecular formula is C32H31NO7S2. The van der Waals surface area contributed by atoms with Gasteiger partial charge < -0.3 is 19.7 Å². The SMILES string of the molecule is CC1C(CSc2ccccc2C(=O)O)OC(c2ccc(NS(=O)(=O)c3ccccc3)cc2)OC1c1ccc(CO)cc1. The van der Waals surface area contributed by atoms with E-state index in [4.69, 9.17) is 9.47 Å². The van der Waals surface area contributed by atoms with Crippen LogP contribution in [0.5, 0.6) is 0 Å². The molecule has 10 heteroatoms. The van der Waals surface area contributed by atoms with Gasteiger partial charge in [0.15, 0.2) is 6.29 Å². The van der Waals surface area contributed by atoms with E-state index in [1.54, 1.807) is 60.7 Å². The molecule has 0 amide bonds. The van der Waals surface area contributed by atoms with Crippen LogP contribution in [-0.4, -0.2) is 36.5 Å². The van der Waals surface area contributed by atoms with Crippen LogP contribution in [0.3, 0.4) is 0 Å². The van der Waals surface area contributed by atoms with E-state index in [2.05, 4.69) is 4.72 Å². The van der Waals surface area contributed by atoms with Crippen molar-refractivity contribution in [3.05, 3.63) is 125 Å². The molecule has 0 aliphatic carbocycles. The van der Waals surface area contributed by atoms with Gasteiger partial charge in [0.2, 0.25) is 0 Å². The number of anilines is 1. The summed E-state index contributed by atoms with van der Waals surface area (Å²) in [5, 5.41) is 19.1. The minimum Gasteiger partial charge on any atom is -0.478 e. The van der Waals surface area contributed by atoms with Crippen LogP contribution >= 0.6 is 11.8 Å². The number of aliphatic hydroxyl groups excluding tert-OH is 1. The molecule has 1 aliphatic heterocycles. The van der Waals surface area contributed by atoms with Crippen molar-refractivity contribution >= 4 is 33.4 Å². The van der Waals surface area contributed by atoms with Crippen molar-refractivity contribution in [2.24, 2.45) is 5.92 Å². The fraction of sp³-hybridized carbons (Fsp3) is 0.219. The van der Waals surface area contributed by atoms with E-state index in [0.717, 1.165) is 11.1 Å². The van der Waals surface area contributed by atoms with E-state index < -0.39 is 22.3 Å². The Morgan fingerprint density at radius 2 is 1.50 bits per heavy atom. The zero-order valence-corrected chi connectivity index (χ0v) is 24.4. The van der Waals surface area contributed by atoms with Gasteiger partial charge in [-0.15, -0.1) is 11.8 Å². The minimum absolute atomic E-state index is 0.0598. The summed E-state index contributed by atoms with van der Waals surface area (Å²) in [5.74, 6) is -0.574. The molecule has 1 aliphatic rings. The number of hydrogen-bond donors (Lipinski definition) is 3. The minimum atomic E-state index is -3.74. The van der Waals surface area contributed by atoms with Crippen molar-refractivity contribution in [2.45, 2.75) is 41.8 Å². The van der Waals surface area contributed by atoms with Crippen LogP contribution in [0.15, 0.2) is 113 Å². The standard InChI is InChI=1S/C32H31NO7S2/c1-21-28(20-41-29-10-6-5-9-27(29)31(35)36)39-32(40-30(21)23-13-11-22(19-34)12-14-23)24-15-17-25(18-16-24)33-42(37,38)26-7-3-2-4-8-26/h2-18,21,28,30,32-34H,19-20H2,1H3,(H,35,36). The Hall–Kier alpha value is -3.67. The summed E-state index contributed by atoms with van der Waals surface area (Å²) in [5.41, 5.74) is 3.08. The summed E-state index contributed by atoms with van der Waals surface area (Å²) >= 11 is 1.42.